The van der Waals surface area contributed by atoms with Crippen molar-refractivity contribution in [1.29, 1.82) is 0 Å². The molecular formula is C19H24N2O7. The summed E-state index contributed by atoms with van der Waals surface area (Å²) in [5, 5.41) is 20.8. The topological polar surface area (TPSA) is 133 Å². The third-order valence-corrected chi connectivity index (χ3v) is 4.33. The maximum absolute atomic E-state index is 12.6. The minimum Gasteiger partial charge on any atom is -0.480 e. The summed E-state index contributed by atoms with van der Waals surface area (Å²) < 4.78 is 5.54. The van der Waals surface area contributed by atoms with E-state index < -0.39 is 42.6 Å². The summed E-state index contributed by atoms with van der Waals surface area (Å²) in [6.45, 7) is 4.17. The molecule has 3 unspecified atom stereocenters. The number of aliphatic carboxylic acids is 1. The Morgan fingerprint density at radius 2 is 2.00 bits per heavy atom. The van der Waals surface area contributed by atoms with Crippen LogP contribution >= 0.6 is 0 Å². The number of benzene rings is 1. The largest absolute Gasteiger partial charge is 0.480 e. The molecule has 3 atom stereocenters. The van der Waals surface area contributed by atoms with Gasteiger partial charge in [-0.25, -0.2) is 4.79 Å². The number of rotatable bonds is 8. The SMILES string of the molecule is CCCC(=O)c1ccc2c(c1)N(CC(=O)NC(C(=O)O)C(C)O)C(=O)C(C)O2. The fourth-order valence-corrected chi connectivity index (χ4v) is 2.87. The number of carbonyl (C=O) groups is 4. The first-order chi connectivity index (χ1) is 13.1. The second-order valence-electron chi connectivity index (χ2n) is 6.66. The number of carboxylic acid groups (broad SMARTS) is 1. The Kier molecular flexibility index (Phi) is 6.74. The number of amides is 2. The molecule has 0 saturated carbocycles. The highest BCUT2D eigenvalue weighted by atomic mass is 16.5. The third-order valence-electron chi connectivity index (χ3n) is 4.33. The molecule has 1 aromatic rings. The summed E-state index contributed by atoms with van der Waals surface area (Å²) in [7, 11) is 0. The van der Waals surface area contributed by atoms with E-state index >= 15 is 0 Å². The van der Waals surface area contributed by atoms with Gasteiger partial charge in [0.15, 0.2) is 17.9 Å². The first-order valence-electron chi connectivity index (χ1n) is 9.01. The van der Waals surface area contributed by atoms with E-state index in [1.54, 1.807) is 12.1 Å². The normalized spacial score (nSPS) is 17.9. The van der Waals surface area contributed by atoms with E-state index in [0.29, 0.717) is 24.2 Å². The van der Waals surface area contributed by atoms with Gasteiger partial charge in [0.05, 0.1) is 11.8 Å². The van der Waals surface area contributed by atoms with Crippen molar-refractivity contribution in [1.82, 2.24) is 5.32 Å². The van der Waals surface area contributed by atoms with Crippen LogP contribution < -0.4 is 15.0 Å². The predicted molar refractivity (Wildman–Crippen MR) is 99.4 cm³/mol. The van der Waals surface area contributed by atoms with E-state index in [1.807, 2.05) is 6.92 Å². The van der Waals surface area contributed by atoms with Gasteiger partial charge in [0.25, 0.3) is 5.91 Å². The van der Waals surface area contributed by atoms with Gasteiger partial charge in [-0.15, -0.1) is 0 Å². The molecule has 28 heavy (non-hydrogen) atoms. The average molecular weight is 392 g/mol. The van der Waals surface area contributed by atoms with E-state index in [0.717, 1.165) is 4.90 Å². The third kappa shape index (κ3) is 4.66. The quantitative estimate of drug-likeness (QED) is 0.556. The Morgan fingerprint density at radius 3 is 2.57 bits per heavy atom. The number of nitrogens with zero attached hydrogens (tertiary/aromatic N) is 1. The number of aliphatic hydroxyl groups is 1. The molecule has 0 spiro atoms. The Bertz CT molecular complexity index is 790. The number of Topliss-reactive ketones (excluding diaryl/α,β-unsaturated/α-hetero) is 1. The van der Waals surface area contributed by atoms with E-state index in [4.69, 9.17) is 9.84 Å². The number of carboxylic acids is 1. The van der Waals surface area contributed by atoms with E-state index in [1.165, 1.54) is 19.9 Å². The molecule has 3 N–H and O–H groups in total. The van der Waals surface area contributed by atoms with Crippen molar-refractivity contribution in [3.63, 3.8) is 0 Å². The van der Waals surface area contributed by atoms with Crippen molar-refractivity contribution in [3.05, 3.63) is 23.8 Å². The van der Waals surface area contributed by atoms with Crippen LogP contribution in [0.15, 0.2) is 18.2 Å². The fourth-order valence-electron chi connectivity index (χ4n) is 2.87. The number of ketones is 1. The van der Waals surface area contributed by atoms with Gasteiger partial charge < -0.3 is 20.3 Å². The van der Waals surface area contributed by atoms with Crippen LogP contribution in [-0.4, -0.2) is 58.6 Å². The molecule has 1 heterocycles. The van der Waals surface area contributed by atoms with Gasteiger partial charge in [-0.1, -0.05) is 6.92 Å². The van der Waals surface area contributed by atoms with Crippen molar-refractivity contribution >= 4 is 29.3 Å². The molecule has 0 saturated heterocycles. The van der Waals surface area contributed by atoms with Gasteiger partial charge >= 0.3 is 5.97 Å². The number of nitrogens with one attached hydrogen (secondary N) is 1. The number of fused-ring (bicyclic) bond motifs is 1. The zero-order valence-corrected chi connectivity index (χ0v) is 16.0. The zero-order valence-electron chi connectivity index (χ0n) is 16.0. The average Bonchev–Trinajstić information content (AvgIpc) is 2.62. The molecule has 152 valence electrons. The summed E-state index contributed by atoms with van der Waals surface area (Å²) >= 11 is 0. The molecular weight excluding hydrogens is 368 g/mol. The number of carbonyl (C=O) groups excluding carboxylic acids is 3. The minimum absolute atomic E-state index is 0.0965. The zero-order chi connectivity index (χ0) is 21.0. The van der Waals surface area contributed by atoms with Gasteiger partial charge in [0, 0.05) is 12.0 Å². The van der Waals surface area contributed by atoms with Crippen molar-refractivity contribution in [2.75, 3.05) is 11.4 Å². The van der Waals surface area contributed by atoms with Gasteiger partial charge in [-0.05, 0) is 38.5 Å². The van der Waals surface area contributed by atoms with Crippen molar-refractivity contribution in [2.24, 2.45) is 0 Å². The lowest BCUT2D eigenvalue weighted by Gasteiger charge is -2.33. The molecule has 0 fully saturated rings. The van der Waals surface area contributed by atoms with Crippen molar-refractivity contribution in [3.8, 4) is 5.75 Å². The highest BCUT2D eigenvalue weighted by Gasteiger charge is 2.34. The van der Waals surface area contributed by atoms with Crippen LogP contribution in [-0.2, 0) is 14.4 Å². The Hall–Kier alpha value is -2.94. The van der Waals surface area contributed by atoms with Crippen LogP contribution in [0.25, 0.3) is 0 Å². The Labute approximate surface area is 162 Å². The summed E-state index contributed by atoms with van der Waals surface area (Å²) in [6, 6.07) is 3.17. The van der Waals surface area contributed by atoms with Gasteiger partial charge in [0.1, 0.15) is 12.3 Å². The van der Waals surface area contributed by atoms with Crippen LogP contribution in [0.2, 0.25) is 0 Å². The minimum atomic E-state index is -1.50. The lowest BCUT2D eigenvalue weighted by molar-refractivity contribution is -0.144. The van der Waals surface area contributed by atoms with E-state index in [9.17, 15) is 24.3 Å². The van der Waals surface area contributed by atoms with Crippen LogP contribution in [0.1, 0.15) is 44.0 Å². The highest BCUT2D eigenvalue weighted by Crippen LogP contribution is 2.35. The summed E-state index contributed by atoms with van der Waals surface area (Å²) in [4.78, 5) is 49.4. The summed E-state index contributed by atoms with van der Waals surface area (Å²) in [6.07, 6.45) is -1.14. The molecule has 9 heteroatoms. The van der Waals surface area contributed by atoms with Gasteiger partial charge in [-0.3, -0.25) is 19.3 Å². The number of anilines is 1. The standard InChI is InChI=1S/C19H24N2O7/c1-4-5-14(23)12-6-7-15-13(8-12)21(18(25)11(3)28-15)9-16(24)20-17(10(2)22)19(26)27/h6-8,10-11,17,22H,4-5,9H2,1-3H3,(H,20,24)(H,26,27). The highest BCUT2D eigenvalue weighted by molar-refractivity contribution is 6.05. The lowest BCUT2D eigenvalue weighted by Crippen LogP contribution is -2.53. The second-order valence-corrected chi connectivity index (χ2v) is 6.66. The molecule has 1 aromatic carbocycles. The molecule has 2 rings (SSSR count). The Balaban J connectivity index is 2.29. The lowest BCUT2D eigenvalue weighted by atomic mass is 10.0. The number of hydrogen-bond donors (Lipinski definition) is 3. The maximum atomic E-state index is 12.6. The van der Waals surface area contributed by atoms with Gasteiger partial charge in [-0.2, -0.15) is 0 Å². The molecule has 0 aliphatic carbocycles. The van der Waals surface area contributed by atoms with Crippen LogP contribution in [0.3, 0.4) is 0 Å². The molecule has 1 aliphatic heterocycles. The van der Waals surface area contributed by atoms with Gasteiger partial charge in [0.2, 0.25) is 5.91 Å². The summed E-state index contributed by atoms with van der Waals surface area (Å²) in [5.74, 6) is -2.39. The molecule has 0 aromatic heterocycles. The number of hydrogen-bond acceptors (Lipinski definition) is 6. The number of aliphatic hydroxyl groups excluding tert-OH is 1. The second kappa shape index (κ2) is 8.83. The summed E-state index contributed by atoms with van der Waals surface area (Å²) in [5.41, 5.74) is 0.661. The van der Waals surface area contributed by atoms with E-state index in [-0.39, 0.29) is 11.5 Å². The van der Waals surface area contributed by atoms with E-state index in [2.05, 4.69) is 5.32 Å². The first-order valence-corrected chi connectivity index (χ1v) is 9.01. The fraction of sp³-hybridized carbons (Fsp3) is 0.474. The molecule has 0 radical (unpaired) electrons. The Morgan fingerprint density at radius 1 is 1.32 bits per heavy atom. The first kappa shape index (κ1) is 21.4. The molecule has 0 bridgehead atoms. The molecule has 1 aliphatic rings. The monoisotopic (exact) mass is 392 g/mol. The van der Waals surface area contributed by atoms with Crippen LogP contribution in [0, 0.1) is 0 Å². The maximum Gasteiger partial charge on any atom is 0.328 e. The molecule has 9 nitrogen and oxygen atoms in total. The van der Waals surface area contributed by atoms with Crippen LogP contribution in [0.5, 0.6) is 5.75 Å². The van der Waals surface area contributed by atoms with Crippen molar-refractivity contribution < 1.29 is 34.1 Å². The van der Waals surface area contributed by atoms with Crippen molar-refractivity contribution in [2.45, 2.75) is 51.9 Å². The smallest absolute Gasteiger partial charge is 0.328 e. The van der Waals surface area contributed by atoms with Crippen LogP contribution in [0.4, 0.5) is 5.69 Å². The predicted octanol–water partition coefficient (Wildman–Crippen LogP) is 0.733. The molecule has 2 amide bonds. The number of ether oxygens (including phenoxy) is 1.